The number of nitrogens with one attached hydrogen (secondary N) is 1. The molecule has 1 aromatic heterocycles. The molecule has 150 valence electrons. The number of benzene rings is 2. The Morgan fingerprint density at radius 1 is 1.17 bits per heavy atom. The zero-order chi connectivity index (χ0) is 20.6. The second-order valence-corrected chi connectivity index (χ2v) is 6.88. The van der Waals surface area contributed by atoms with Crippen LogP contribution in [-0.4, -0.2) is 38.7 Å². The number of carbonyl (C=O) groups is 2. The van der Waals surface area contributed by atoms with Crippen molar-refractivity contribution in [2.24, 2.45) is 0 Å². The highest BCUT2D eigenvalue weighted by molar-refractivity contribution is 6.30. The van der Waals surface area contributed by atoms with Gasteiger partial charge in [0.1, 0.15) is 6.33 Å². The van der Waals surface area contributed by atoms with E-state index in [9.17, 15) is 9.59 Å². The Balaban J connectivity index is 1.58. The first-order valence-corrected chi connectivity index (χ1v) is 9.38. The molecule has 3 rings (SSSR count). The number of carbonyl (C=O) groups excluding carboxylic acids is 2. The molecular weight excluding hydrogens is 394 g/mol. The number of halogens is 1. The van der Waals surface area contributed by atoms with E-state index in [0.29, 0.717) is 11.4 Å². The largest absolute Gasteiger partial charge is 0.454 e. The molecule has 0 bridgehead atoms. The summed E-state index contributed by atoms with van der Waals surface area (Å²) in [5, 5.41) is 14.3. The summed E-state index contributed by atoms with van der Waals surface area (Å²) in [6, 6.07) is 15.6. The molecular formula is C20H20ClN5O3. The molecule has 1 amide bonds. The molecule has 0 aliphatic rings. The highest BCUT2D eigenvalue weighted by Gasteiger charge is 2.25. The van der Waals surface area contributed by atoms with Crippen molar-refractivity contribution in [1.29, 1.82) is 0 Å². The number of esters is 1. The van der Waals surface area contributed by atoms with Crippen molar-refractivity contribution in [3.05, 3.63) is 77.1 Å². The molecule has 0 aliphatic heterocycles. The monoisotopic (exact) mass is 413 g/mol. The van der Waals surface area contributed by atoms with Crippen molar-refractivity contribution in [2.75, 3.05) is 6.61 Å². The molecule has 0 saturated heterocycles. The van der Waals surface area contributed by atoms with Crippen molar-refractivity contribution in [2.45, 2.75) is 25.4 Å². The summed E-state index contributed by atoms with van der Waals surface area (Å²) in [6.45, 7) is 1.42. The highest BCUT2D eigenvalue weighted by atomic mass is 35.5. The Hall–Kier alpha value is -3.26. The molecule has 0 radical (unpaired) electrons. The Morgan fingerprint density at radius 2 is 1.97 bits per heavy atom. The molecule has 0 fully saturated rings. The number of hydrogen-bond acceptors (Lipinski definition) is 6. The molecule has 0 aliphatic carbocycles. The number of rotatable bonds is 8. The van der Waals surface area contributed by atoms with Crippen molar-refractivity contribution in [1.82, 2.24) is 25.5 Å². The van der Waals surface area contributed by atoms with Gasteiger partial charge in [0, 0.05) is 11.4 Å². The highest BCUT2D eigenvalue weighted by Crippen LogP contribution is 2.18. The molecule has 8 nitrogen and oxygen atoms in total. The lowest BCUT2D eigenvalue weighted by Crippen LogP contribution is -2.33. The smallest absolute Gasteiger partial charge is 0.331 e. The van der Waals surface area contributed by atoms with Gasteiger partial charge in [0.25, 0.3) is 5.91 Å². The van der Waals surface area contributed by atoms with Crippen LogP contribution in [0.2, 0.25) is 5.02 Å². The summed E-state index contributed by atoms with van der Waals surface area (Å²) in [4.78, 5) is 24.8. The van der Waals surface area contributed by atoms with E-state index in [-0.39, 0.29) is 6.04 Å². The standard InChI is InChI=1S/C20H20ClN5O3/c1-14(16-8-5-9-17(21)11-16)23-19(27)12-29-20(28)18(26-13-22-24-25-26)10-15-6-3-2-4-7-15/h2-9,11,13-14,18H,10,12H2,1H3,(H,23,27)/t14-,18-/m0/s1. The number of amides is 1. The number of hydrogen-bond donors (Lipinski definition) is 1. The lowest BCUT2D eigenvalue weighted by Gasteiger charge is -2.17. The number of nitrogens with zero attached hydrogens (tertiary/aromatic N) is 4. The lowest BCUT2D eigenvalue weighted by molar-refractivity contribution is -0.152. The predicted octanol–water partition coefficient (Wildman–Crippen LogP) is 2.53. The summed E-state index contributed by atoms with van der Waals surface area (Å²) < 4.78 is 6.55. The Morgan fingerprint density at radius 3 is 2.66 bits per heavy atom. The van der Waals surface area contributed by atoms with Gasteiger partial charge in [-0.25, -0.2) is 9.48 Å². The zero-order valence-electron chi connectivity index (χ0n) is 15.7. The van der Waals surface area contributed by atoms with Crippen molar-refractivity contribution in [3.8, 4) is 0 Å². The van der Waals surface area contributed by atoms with E-state index in [1.54, 1.807) is 18.2 Å². The van der Waals surface area contributed by atoms with Gasteiger partial charge in [0.05, 0.1) is 6.04 Å². The van der Waals surface area contributed by atoms with Crippen LogP contribution in [0, 0.1) is 0 Å². The van der Waals surface area contributed by atoms with Crippen LogP contribution in [0.4, 0.5) is 0 Å². The van der Waals surface area contributed by atoms with Crippen LogP contribution >= 0.6 is 11.6 Å². The van der Waals surface area contributed by atoms with Gasteiger partial charge in [-0.2, -0.15) is 0 Å². The third-order valence-electron chi connectivity index (χ3n) is 4.30. The van der Waals surface area contributed by atoms with Crippen LogP contribution in [0.3, 0.4) is 0 Å². The van der Waals surface area contributed by atoms with E-state index in [4.69, 9.17) is 16.3 Å². The fourth-order valence-electron chi connectivity index (χ4n) is 2.81. The van der Waals surface area contributed by atoms with E-state index < -0.39 is 24.5 Å². The average molecular weight is 414 g/mol. The summed E-state index contributed by atoms with van der Waals surface area (Å²) in [5.41, 5.74) is 1.77. The topological polar surface area (TPSA) is 99.0 Å². The Kier molecular flexibility index (Phi) is 6.91. The second kappa shape index (κ2) is 9.79. The molecule has 3 aromatic rings. The van der Waals surface area contributed by atoms with Gasteiger partial charge in [-0.15, -0.1) is 5.10 Å². The van der Waals surface area contributed by atoms with Crippen LogP contribution < -0.4 is 5.32 Å². The normalized spacial score (nSPS) is 12.8. The first-order chi connectivity index (χ1) is 14.0. The number of aromatic nitrogens is 4. The van der Waals surface area contributed by atoms with Crippen molar-refractivity contribution < 1.29 is 14.3 Å². The van der Waals surface area contributed by atoms with Gasteiger partial charge in [-0.3, -0.25) is 4.79 Å². The van der Waals surface area contributed by atoms with E-state index in [2.05, 4.69) is 20.8 Å². The fraction of sp³-hybridized carbons (Fsp3) is 0.250. The third-order valence-corrected chi connectivity index (χ3v) is 4.53. The van der Waals surface area contributed by atoms with Gasteiger partial charge in [-0.1, -0.05) is 54.1 Å². The van der Waals surface area contributed by atoms with E-state index in [0.717, 1.165) is 11.1 Å². The molecule has 9 heteroatoms. The van der Waals surface area contributed by atoms with Crippen molar-refractivity contribution >= 4 is 23.5 Å². The maximum absolute atomic E-state index is 12.6. The fourth-order valence-corrected chi connectivity index (χ4v) is 3.01. The minimum atomic E-state index is -0.773. The van der Waals surface area contributed by atoms with Crippen LogP contribution in [-0.2, 0) is 20.7 Å². The summed E-state index contributed by atoms with van der Waals surface area (Å²) in [7, 11) is 0. The molecule has 29 heavy (non-hydrogen) atoms. The molecule has 0 unspecified atom stereocenters. The van der Waals surface area contributed by atoms with Crippen LogP contribution in [0.15, 0.2) is 60.9 Å². The van der Waals surface area contributed by atoms with E-state index in [1.165, 1.54) is 11.0 Å². The molecule has 1 N–H and O–H groups in total. The summed E-state index contributed by atoms with van der Waals surface area (Å²) in [6.07, 6.45) is 1.68. The van der Waals surface area contributed by atoms with E-state index >= 15 is 0 Å². The third kappa shape index (κ3) is 5.86. The lowest BCUT2D eigenvalue weighted by atomic mass is 10.1. The number of tetrazole rings is 1. The summed E-state index contributed by atoms with van der Waals surface area (Å²) >= 11 is 5.98. The van der Waals surface area contributed by atoms with Crippen molar-refractivity contribution in [3.63, 3.8) is 0 Å². The molecule has 1 heterocycles. The maximum Gasteiger partial charge on any atom is 0.331 e. The van der Waals surface area contributed by atoms with Gasteiger partial charge in [0.15, 0.2) is 12.6 Å². The van der Waals surface area contributed by atoms with Gasteiger partial charge in [0.2, 0.25) is 0 Å². The quantitative estimate of drug-likeness (QED) is 0.570. The average Bonchev–Trinajstić information content (AvgIpc) is 3.25. The maximum atomic E-state index is 12.6. The predicted molar refractivity (Wildman–Crippen MR) is 106 cm³/mol. The molecule has 0 spiro atoms. The minimum absolute atomic E-state index is 0.278. The summed E-state index contributed by atoms with van der Waals surface area (Å²) in [5.74, 6) is -1.01. The van der Waals surface area contributed by atoms with E-state index in [1.807, 2.05) is 43.3 Å². The van der Waals surface area contributed by atoms with Gasteiger partial charge in [-0.05, 0) is 40.6 Å². The Bertz CT molecular complexity index is 950. The SMILES string of the molecule is C[C@H](NC(=O)COC(=O)[C@H](Cc1ccccc1)n1cnnn1)c1cccc(Cl)c1. The first kappa shape index (κ1) is 20.5. The first-order valence-electron chi connectivity index (χ1n) is 9.01. The van der Waals surface area contributed by atoms with Crippen LogP contribution in [0.25, 0.3) is 0 Å². The minimum Gasteiger partial charge on any atom is -0.454 e. The molecule has 2 aromatic carbocycles. The van der Waals surface area contributed by atoms with Gasteiger partial charge < -0.3 is 10.1 Å². The Labute approximate surface area is 172 Å². The zero-order valence-corrected chi connectivity index (χ0v) is 16.5. The van der Waals surface area contributed by atoms with Crippen LogP contribution in [0.5, 0.6) is 0 Å². The molecule has 2 atom stereocenters. The van der Waals surface area contributed by atoms with Crippen LogP contribution in [0.1, 0.15) is 30.1 Å². The number of ether oxygens (including phenoxy) is 1. The molecule has 0 saturated carbocycles. The second-order valence-electron chi connectivity index (χ2n) is 6.45. The van der Waals surface area contributed by atoms with Gasteiger partial charge >= 0.3 is 5.97 Å².